The Morgan fingerprint density at radius 3 is 2.35 bits per heavy atom. The summed E-state index contributed by atoms with van der Waals surface area (Å²) in [5.41, 5.74) is 0. The molecule has 0 aromatic rings. The van der Waals surface area contributed by atoms with Crippen LogP contribution >= 0.6 is 0 Å². The van der Waals surface area contributed by atoms with Crippen LogP contribution in [0.5, 0.6) is 0 Å². The van der Waals surface area contributed by atoms with E-state index in [1.807, 2.05) is 13.8 Å². The molecule has 0 aromatic heterocycles. The van der Waals surface area contributed by atoms with Crippen LogP contribution < -0.4 is 10.6 Å². The van der Waals surface area contributed by atoms with E-state index in [0.29, 0.717) is 39.3 Å². The third-order valence-corrected chi connectivity index (χ3v) is 3.45. The molecule has 0 radical (unpaired) electrons. The quantitative estimate of drug-likeness (QED) is 0.660. The van der Waals surface area contributed by atoms with Gasteiger partial charge in [0, 0.05) is 39.6 Å². The van der Waals surface area contributed by atoms with Crippen molar-refractivity contribution in [2.45, 2.75) is 33.3 Å². The van der Waals surface area contributed by atoms with E-state index < -0.39 is 0 Å². The Bertz CT molecular complexity index is 414. The number of urea groups is 1. The van der Waals surface area contributed by atoms with Gasteiger partial charge in [-0.25, -0.2) is 4.79 Å². The van der Waals surface area contributed by atoms with Gasteiger partial charge in [-0.1, -0.05) is 0 Å². The van der Waals surface area contributed by atoms with Gasteiger partial charge >= 0.3 is 6.03 Å². The Hall–Kier alpha value is -1.83. The fourth-order valence-corrected chi connectivity index (χ4v) is 2.25. The average Bonchev–Trinajstić information content (AvgIpc) is 2.74. The maximum absolute atomic E-state index is 12.1. The highest BCUT2D eigenvalue weighted by molar-refractivity contribution is 5.83. The van der Waals surface area contributed by atoms with Gasteiger partial charge in [-0.2, -0.15) is 0 Å². The number of nitrogens with one attached hydrogen (secondary N) is 2. The minimum absolute atomic E-state index is 0.00801. The van der Waals surface area contributed by atoms with Crippen LogP contribution in [0.4, 0.5) is 4.79 Å². The van der Waals surface area contributed by atoms with Gasteiger partial charge in [0.15, 0.2) is 0 Å². The third-order valence-electron chi connectivity index (χ3n) is 3.45. The molecule has 132 valence electrons. The molecule has 0 saturated carbocycles. The molecule has 4 amide bonds. The number of ether oxygens (including phenoxy) is 1. The van der Waals surface area contributed by atoms with Crippen LogP contribution in [0.25, 0.3) is 0 Å². The molecule has 8 heteroatoms. The molecule has 1 saturated heterocycles. The number of hydrogen-bond donors (Lipinski definition) is 2. The van der Waals surface area contributed by atoms with Gasteiger partial charge in [-0.05, 0) is 20.3 Å². The van der Waals surface area contributed by atoms with E-state index in [-0.39, 0.29) is 30.5 Å². The Balaban J connectivity index is 2.32. The second-order valence-corrected chi connectivity index (χ2v) is 5.78. The summed E-state index contributed by atoms with van der Waals surface area (Å²) < 4.78 is 5.38. The maximum Gasteiger partial charge on any atom is 0.317 e. The standard InChI is InChI=1S/C15H28N4O4/c1-12(2)23-10-5-16-15(22)19-7-4-6-18(8-9-19)14(21)11-17-13(3)20/h12H,4-11H2,1-3H3,(H,16,22)(H,17,20). The summed E-state index contributed by atoms with van der Waals surface area (Å²) in [6.07, 6.45) is 0.870. The summed E-state index contributed by atoms with van der Waals surface area (Å²) in [5.74, 6) is -0.342. The van der Waals surface area contributed by atoms with Crippen molar-refractivity contribution in [1.82, 2.24) is 20.4 Å². The largest absolute Gasteiger partial charge is 0.377 e. The minimum Gasteiger partial charge on any atom is -0.377 e. The third kappa shape index (κ3) is 7.83. The zero-order valence-electron chi connectivity index (χ0n) is 14.3. The summed E-state index contributed by atoms with van der Waals surface area (Å²) in [6.45, 7) is 8.42. The molecule has 1 heterocycles. The second kappa shape index (κ2) is 10.0. The van der Waals surface area contributed by atoms with Gasteiger partial charge in [-0.3, -0.25) is 9.59 Å². The molecule has 0 unspecified atom stereocenters. The Labute approximate surface area is 137 Å². The fraction of sp³-hybridized carbons (Fsp3) is 0.800. The van der Waals surface area contributed by atoms with Gasteiger partial charge in [0.2, 0.25) is 11.8 Å². The van der Waals surface area contributed by atoms with Crippen molar-refractivity contribution in [3.8, 4) is 0 Å². The van der Waals surface area contributed by atoms with Crippen LogP contribution in [0, 0.1) is 0 Å². The molecule has 8 nitrogen and oxygen atoms in total. The highest BCUT2D eigenvalue weighted by atomic mass is 16.5. The van der Waals surface area contributed by atoms with Gasteiger partial charge in [0.1, 0.15) is 0 Å². The van der Waals surface area contributed by atoms with E-state index in [0.717, 1.165) is 6.42 Å². The van der Waals surface area contributed by atoms with Crippen molar-refractivity contribution in [2.24, 2.45) is 0 Å². The SMILES string of the molecule is CC(=O)NCC(=O)N1CCCN(C(=O)NCCOC(C)C)CC1. The predicted octanol–water partition coefficient (Wildman–Crippen LogP) is -0.209. The molecule has 0 aliphatic carbocycles. The number of carbonyl (C=O) groups excluding carboxylic acids is 3. The van der Waals surface area contributed by atoms with E-state index in [1.165, 1.54) is 6.92 Å². The first kappa shape index (κ1) is 19.2. The van der Waals surface area contributed by atoms with E-state index in [9.17, 15) is 14.4 Å². The predicted molar refractivity (Wildman–Crippen MR) is 85.9 cm³/mol. The number of amides is 4. The summed E-state index contributed by atoms with van der Waals surface area (Å²) in [5, 5.41) is 5.32. The highest BCUT2D eigenvalue weighted by Gasteiger charge is 2.21. The van der Waals surface area contributed by atoms with Gasteiger partial charge in [0.05, 0.1) is 19.3 Å². The Morgan fingerprint density at radius 2 is 1.70 bits per heavy atom. The molecule has 1 aliphatic heterocycles. The lowest BCUT2D eigenvalue weighted by atomic mass is 10.3. The normalized spacial score (nSPS) is 15.3. The molecule has 0 bridgehead atoms. The molecule has 0 spiro atoms. The van der Waals surface area contributed by atoms with Crippen LogP contribution in [0.2, 0.25) is 0 Å². The van der Waals surface area contributed by atoms with E-state index in [4.69, 9.17) is 4.74 Å². The van der Waals surface area contributed by atoms with E-state index in [2.05, 4.69) is 10.6 Å². The zero-order chi connectivity index (χ0) is 17.2. The van der Waals surface area contributed by atoms with Crippen molar-refractivity contribution < 1.29 is 19.1 Å². The minimum atomic E-state index is -0.224. The van der Waals surface area contributed by atoms with Crippen molar-refractivity contribution in [1.29, 1.82) is 0 Å². The Kier molecular flexibility index (Phi) is 8.39. The molecule has 2 N–H and O–H groups in total. The average molecular weight is 328 g/mol. The van der Waals surface area contributed by atoms with Crippen LogP contribution in [0.15, 0.2) is 0 Å². The summed E-state index contributed by atoms with van der Waals surface area (Å²) >= 11 is 0. The summed E-state index contributed by atoms with van der Waals surface area (Å²) in [6, 6.07) is -0.131. The highest BCUT2D eigenvalue weighted by Crippen LogP contribution is 2.03. The van der Waals surface area contributed by atoms with Crippen LogP contribution in [0.1, 0.15) is 27.2 Å². The number of nitrogens with zero attached hydrogens (tertiary/aromatic N) is 2. The first-order valence-corrected chi connectivity index (χ1v) is 8.06. The monoisotopic (exact) mass is 328 g/mol. The molecular weight excluding hydrogens is 300 g/mol. The lowest BCUT2D eigenvalue weighted by Gasteiger charge is -2.22. The van der Waals surface area contributed by atoms with Crippen molar-refractivity contribution in [3.63, 3.8) is 0 Å². The smallest absolute Gasteiger partial charge is 0.317 e. The zero-order valence-corrected chi connectivity index (χ0v) is 14.3. The lowest BCUT2D eigenvalue weighted by Crippen LogP contribution is -2.44. The first-order valence-electron chi connectivity index (χ1n) is 8.06. The maximum atomic E-state index is 12.1. The lowest BCUT2D eigenvalue weighted by molar-refractivity contribution is -0.132. The van der Waals surface area contributed by atoms with Gasteiger partial charge in [0.25, 0.3) is 0 Å². The molecule has 1 fully saturated rings. The van der Waals surface area contributed by atoms with Crippen LogP contribution in [-0.4, -0.2) is 79.6 Å². The molecule has 23 heavy (non-hydrogen) atoms. The number of hydrogen-bond acceptors (Lipinski definition) is 4. The van der Waals surface area contributed by atoms with E-state index in [1.54, 1.807) is 9.80 Å². The second-order valence-electron chi connectivity index (χ2n) is 5.78. The molecule has 0 atom stereocenters. The molecule has 0 aromatic carbocycles. The molecule has 1 aliphatic rings. The van der Waals surface area contributed by atoms with Crippen molar-refractivity contribution in [3.05, 3.63) is 0 Å². The van der Waals surface area contributed by atoms with Gasteiger partial charge < -0.3 is 25.2 Å². The Morgan fingerprint density at radius 1 is 1.04 bits per heavy atom. The number of rotatable bonds is 6. The fourth-order valence-electron chi connectivity index (χ4n) is 2.25. The van der Waals surface area contributed by atoms with Crippen LogP contribution in [0.3, 0.4) is 0 Å². The van der Waals surface area contributed by atoms with Crippen molar-refractivity contribution >= 4 is 17.8 Å². The first-order chi connectivity index (χ1) is 10.9. The van der Waals surface area contributed by atoms with Gasteiger partial charge in [-0.15, -0.1) is 0 Å². The summed E-state index contributed by atoms with van der Waals surface area (Å²) in [7, 11) is 0. The van der Waals surface area contributed by atoms with Crippen molar-refractivity contribution in [2.75, 3.05) is 45.9 Å². The summed E-state index contributed by atoms with van der Waals surface area (Å²) in [4.78, 5) is 38.3. The van der Waals surface area contributed by atoms with E-state index >= 15 is 0 Å². The number of carbonyl (C=O) groups is 3. The molecule has 1 rings (SSSR count). The topological polar surface area (TPSA) is 91.0 Å². The molecular formula is C15H28N4O4. The van der Waals surface area contributed by atoms with Crippen LogP contribution in [-0.2, 0) is 14.3 Å².